The van der Waals surface area contributed by atoms with Gasteiger partial charge in [0.25, 0.3) is 0 Å². The van der Waals surface area contributed by atoms with Crippen molar-refractivity contribution in [3.63, 3.8) is 0 Å². The van der Waals surface area contributed by atoms with Gasteiger partial charge in [-0.25, -0.2) is 0 Å². The van der Waals surface area contributed by atoms with Crippen molar-refractivity contribution in [2.24, 2.45) is 17.3 Å². The Morgan fingerprint density at radius 2 is 1.84 bits per heavy atom. The van der Waals surface area contributed by atoms with Crippen molar-refractivity contribution in [3.05, 3.63) is 71.3 Å². The van der Waals surface area contributed by atoms with Crippen LogP contribution in [0.4, 0.5) is 8.78 Å². The van der Waals surface area contributed by atoms with Gasteiger partial charge in [-0.2, -0.15) is 14.0 Å². The summed E-state index contributed by atoms with van der Waals surface area (Å²) >= 11 is 10.5. The van der Waals surface area contributed by atoms with E-state index in [0.29, 0.717) is 17.1 Å². The fourth-order valence-electron chi connectivity index (χ4n) is 3.42. The molecule has 1 saturated carbocycles. The first-order chi connectivity index (χ1) is 14.5. The van der Waals surface area contributed by atoms with Crippen LogP contribution in [-0.4, -0.2) is 11.4 Å². The molecule has 0 amide bonds. The maximum absolute atomic E-state index is 13.2. The Kier molecular flexibility index (Phi) is 6.59. The molecule has 1 aliphatic carbocycles. The first-order valence-corrected chi connectivity index (χ1v) is 10.2. The topological polar surface area (TPSA) is 59.3 Å². The van der Waals surface area contributed by atoms with Crippen LogP contribution in [0.15, 0.2) is 65.7 Å². The zero-order valence-corrected chi connectivity index (χ0v) is 18.2. The van der Waals surface area contributed by atoms with Gasteiger partial charge in [0.05, 0.1) is 11.0 Å². The Morgan fingerprint density at radius 3 is 2.45 bits per heavy atom. The van der Waals surface area contributed by atoms with E-state index in [1.807, 2.05) is 24.3 Å². The predicted octanol–water partition coefficient (Wildman–Crippen LogP) is 6.81. The standard InChI is InChI=1S/C23H19Cl2F2NO3/c1-22(2)17(12-19(24)23(25,26)27)20(22)21(29)31-18(13-28)14-7-6-10-16(11-14)30-15-8-4-3-5-9-15/h3-12,17-18,20H,1-2H3/t17-,18?,20-/m0/s1. The smallest absolute Gasteiger partial charge is 0.358 e. The van der Waals surface area contributed by atoms with Crippen LogP contribution in [-0.2, 0) is 9.53 Å². The Balaban J connectivity index is 1.72. The summed E-state index contributed by atoms with van der Waals surface area (Å²) in [5.41, 5.74) is -0.224. The molecular formula is C23H19Cl2F2NO3. The molecule has 0 spiro atoms. The van der Waals surface area contributed by atoms with Crippen LogP contribution >= 0.6 is 23.2 Å². The zero-order valence-electron chi connectivity index (χ0n) is 16.7. The van der Waals surface area contributed by atoms with Gasteiger partial charge in [0.2, 0.25) is 6.10 Å². The second-order valence-corrected chi connectivity index (χ2v) is 8.65. The number of hydrogen-bond donors (Lipinski definition) is 0. The van der Waals surface area contributed by atoms with Crippen molar-refractivity contribution in [1.29, 1.82) is 5.26 Å². The van der Waals surface area contributed by atoms with Crippen LogP contribution < -0.4 is 4.74 Å². The average molecular weight is 466 g/mol. The second kappa shape index (κ2) is 8.86. The van der Waals surface area contributed by atoms with E-state index in [1.165, 1.54) is 0 Å². The molecule has 31 heavy (non-hydrogen) atoms. The third-order valence-corrected chi connectivity index (χ3v) is 5.92. The van der Waals surface area contributed by atoms with E-state index in [9.17, 15) is 18.8 Å². The van der Waals surface area contributed by atoms with Crippen LogP contribution in [0.1, 0.15) is 25.5 Å². The SMILES string of the molecule is CC1(C)[C@H](C(=O)OC(C#N)c2cccc(Oc3ccccc3)c2)[C@@H]1C=C(Cl)C(F)(F)Cl. The highest BCUT2D eigenvalue weighted by molar-refractivity contribution is 6.38. The number of esters is 1. The van der Waals surface area contributed by atoms with Gasteiger partial charge in [-0.15, -0.1) is 0 Å². The maximum Gasteiger partial charge on any atom is 0.358 e. The molecule has 0 aromatic heterocycles. The molecule has 0 aliphatic heterocycles. The molecule has 2 aromatic rings. The summed E-state index contributed by atoms with van der Waals surface area (Å²) in [6.07, 6.45) is -0.103. The van der Waals surface area contributed by atoms with Crippen molar-refractivity contribution in [2.75, 3.05) is 0 Å². The molecule has 0 heterocycles. The van der Waals surface area contributed by atoms with Crippen molar-refractivity contribution in [1.82, 2.24) is 0 Å². The van der Waals surface area contributed by atoms with Crippen LogP contribution in [0.2, 0.25) is 0 Å². The van der Waals surface area contributed by atoms with Gasteiger partial charge in [-0.3, -0.25) is 4.79 Å². The molecule has 1 aliphatic rings. The van der Waals surface area contributed by atoms with E-state index >= 15 is 0 Å². The minimum atomic E-state index is -3.71. The maximum atomic E-state index is 13.2. The number of benzene rings is 2. The molecule has 0 radical (unpaired) electrons. The average Bonchev–Trinajstić information content (AvgIpc) is 3.26. The lowest BCUT2D eigenvalue weighted by molar-refractivity contribution is -0.149. The third-order valence-electron chi connectivity index (χ3n) is 5.25. The van der Waals surface area contributed by atoms with Crippen molar-refractivity contribution in [3.8, 4) is 17.6 Å². The molecule has 0 saturated heterocycles. The highest BCUT2D eigenvalue weighted by Gasteiger charge is 2.62. The first kappa shape index (κ1) is 23.1. The molecule has 3 rings (SSSR count). The Bertz CT molecular complexity index is 1030. The zero-order chi connectivity index (χ0) is 22.8. The van der Waals surface area contributed by atoms with Gasteiger partial charge in [0.1, 0.15) is 17.6 Å². The number of rotatable bonds is 7. The largest absolute Gasteiger partial charge is 0.457 e. The summed E-state index contributed by atoms with van der Waals surface area (Å²) in [6.45, 7) is 3.46. The molecule has 2 aromatic carbocycles. The van der Waals surface area contributed by atoms with Gasteiger partial charge in [0.15, 0.2) is 0 Å². The summed E-state index contributed by atoms with van der Waals surface area (Å²) < 4.78 is 37.5. The van der Waals surface area contributed by atoms with Crippen LogP contribution in [0, 0.1) is 28.6 Å². The molecule has 1 unspecified atom stereocenters. The third kappa shape index (κ3) is 5.36. The van der Waals surface area contributed by atoms with E-state index < -0.39 is 39.7 Å². The van der Waals surface area contributed by atoms with Gasteiger partial charge in [-0.05, 0) is 47.2 Å². The number of carbonyl (C=O) groups is 1. The van der Waals surface area contributed by atoms with E-state index in [-0.39, 0.29) is 0 Å². The molecular weight excluding hydrogens is 447 g/mol. The van der Waals surface area contributed by atoms with Crippen molar-refractivity contribution < 1.29 is 23.0 Å². The van der Waals surface area contributed by atoms with Gasteiger partial charge >= 0.3 is 11.4 Å². The summed E-state index contributed by atoms with van der Waals surface area (Å²) in [6, 6.07) is 17.7. The molecule has 8 heteroatoms. The fourth-order valence-corrected chi connectivity index (χ4v) is 3.61. The molecule has 162 valence electrons. The molecule has 0 bridgehead atoms. The summed E-state index contributed by atoms with van der Waals surface area (Å²) in [5, 5.41) is 4.99. The van der Waals surface area contributed by atoms with Crippen molar-refractivity contribution >= 4 is 29.2 Å². The number of hydrogen-bond acceptors (Lipinski definition) is 4. The molecule has 1 fully saturated rings. The highest BCUT2D eigenvalue weighted by atomic mass is 35.5. The number of halogens is 4. The second-order valence-electron chi connectivity index (χ2n) is 7.77. The van der Waals surface area contributed by atoms with Crippen LogP contribution in [0.5, 0.6) is 11.5 Å². The van der Waals surface area contributed by atoms with E-state index in [0.717, 1.165) is 6.08 Å². The van der Waals surface area contributed by atoms with Crippen LogP contribution in [0.25, 0.3) is 0 Å². The first-order valence-electron chi connectivity index (χ1n) is 9.41. The number of nitrogens with zero attached hydrogens (tertiary/aromatic N) is 1. The minimum Gasteiger partial charge on any atom is -0.457 e. The van der Waals surface area contributed by atoms with Gasteiger partial charge in [0, 0.05) is 5.56 Å². The number of alkyl halides is 3. The lowest BCUT2D eigenvalue weighted by Gasteiger charge is -2.13. The van der Waals surface area contributed by atoms with E-state index in [4.69, 9.17) is 32.7 Å². The van der Waals surface area contributed by atoms with E-state index in [1.54, 1.807) is 50.2 Å². The predicted molar refractivity (Wildman–Crippen MR) is 113 cm³/mol. The van der Waals surface area contributed by atoms with E-state index in [2.05, 4.69) is 0 Å². The fraction of sp³-hybridized carbons (Fsp3) is 0.304. The number of ether oxygens (including phenoxy) is 2. The lowest BCUT2D eigenvalue weighted by atomic mass is 10.1. The number of nitriles is 1. The Hall–Kier alpha value is -2.62. The number of carbonyl (C=O) groups excluding carboxylic acids is 1. The lowest BCUT2D eigenvalue weighted by Crippen LogP contribution is -2.14. The monoisotopic (exact) mass is 465 g/mol. The normalized spacial score (nSPS) is 21.0. The summed E-state index contributed by atoms with van der Waals surface area (Å²) in [5.74, 6) is -0.880. The molecule has 3 atom stereocenters. The Labute approximate surface area is 189 Å². The minimum absolute atomic E-state index is 0.431. The molecule has 4 nitrogen and oxygen atoms in total. The van der Waals surface area contributed by atoms with Gasteiger partial charge in [-0.1, -0.05) is 61.9 Å². The number of para-hydroxylation sites is 1. The summed E-state index contributed by atoms with van der Waals surface area (Å²) in [7, 11) is 0. The number of allylic oxidation sites excluding steroid dienone is 2. The highest BCUT2D eigenvalue weighted by Crippen LogP contribution is 2.60. The quantitative estimate of drug-likeness (QED) is 0.332. The summed E-state index contributed by atoms with van der Waals surface area (Å²) in [4.78, 5) is 12.7. The van der Waals surface area contributed by atoms with Crippen molar-refractivity contribution in [2.45, 2.75) is 25.3 Å². The Morgan fingerprint density at radius 1 is 1.19 bits per heavy atom. The molecule has 0 N–H and O–H groups in total. The van der Waals surface area contributed by atoms with Gasteiger partial charge < -0.3 is 9.47 Å². The van der Waals surface area contributed by atoms with Crippen LogP contribution in [0.3, 0.4) is 0 Å².